The fraction of sp³-hybridized carbons (Fsp3) is 0.0667. The van der Waals surface area contributed by atoms with Gasteiger partial charge in [0.1, 0.15) is 0 Å². The van der Waals surface area contributed by atoms with Crippen molar-refractivity contribution < 1.29 is 0 Å². The SMILES string of the molecule is CC(=Cc1ccc(Cl)cc1)c1ccc(Cl)cc1. The summed E-state index contributed by atoms with van der Waals surface area (Å²) in [5, 5.41) is 1.51. The van der Waals surface area contributed by atoms with E-state index in [1.807, 2.05) is 48.5 Å². The molecule has 0 unspecified atom stereocenters. The second kappa shape index (κ2) is 5.39. The summed E-state index contributed by atoms with van der Waals surface area (Å²) in [6, 6.07) is 15.6. The van der Waals surface area contributed by atoms with Crippen molar-refractivity contribution in [2.75, 3.05) is 0 Å². The normalized spacial score (nSPS) is 11.6. The van der Waals surface area contributed by atoms with E-state index < -0.39 is 0 Å². The summed E-state index contributed by atoms with van der Waals surface area (Å²) in [5.41, 5.74) is 3.51. The molecule has 0 nitrogen and oxygen atoms in total. The lowest BCUT2D eigenvalue weighted by Crippen LogP contribution is -1.79. The van der Waals surface area contributed by atoms with Crippen LogP contribution in [0.15, 0.2) is 48.5 Å². The van der Waals surface area contributed by atoms with Gasteiger partial charge in [-0.1, -0.05) is 53.5 Å². The van der Waals surface area contributed by atoms with Crippen LogP contribution in [-0.4, -0.2) is 0 Å². The van der Waals surface area contributed by atoms with Crippen LogP contribution in [0.25, 0.3) is 11.6 Å². The van der Waals surface area contributed by atoms with Gasteiger partial charge in [-0.05, 0) is 47.9 Å². The minimum Gasteiger partial charge on any atom is -0.0843 e. The molecule has 2 rings (SSSR count). The Balaban J connectivity index is 2.27. The predicted molar refractivity (Wildman–Crippen MR) is 76.4 cm³/mol. The van der Waals surface area contributed by atoms with Crippen molar-refractivity contribution in [3.63, 3.8) is 0 Å². The van der Waals surface area contributed by atoms with E-state index in [1.165, 1.54) is 11.1 Å². The zero-order valence-electron chi connectivity index (χ0n) is 9.45. The summed E-state index contributed by atoms with van der Waals surface area (Å²) in [6.07, 6.45) is 2.12. The summed E-state index contributed by atoms with van der Waals surface area (Å²) >= 11 is 11.7. The van der Waals surface area contributed by atoms with Crippen molar-refractivity contribution in [1.82, 2.24) is 0 Å². The number of rotatable bonds is 2. The van der Waals surface area contributed by atoms with Crippen LogP contribution in [0.3, 0.4) is 0 Å². The molecule has 86 valence electrons. The highest BCUT2D eigenvalue weighted by atomic mass is 35.5. The first-order chi connectivity index (χ1) is 8.15. The molecule has 0 saturated heterocycles. The Labute approximate surface area is 112 Å². The van der Waals surface area contributed by atoms with E-state index in [9.17, 15) is 0 Å². The topological polar surface area (TPSA) is 0 Å². The van der Waals surface area contributed by atoms with Crippen molar-refractivity contribution in [1.29, 1.82) is 0 Å². The summed E-state index contributed by atoms with van der Waals surface area (Å²) in [4.78, 5) is 0. The van der Waals surface area contributed by atoms with Crippen molar-refractivity contribution >= 4 is 34.9 Å². The van der Waals surface area contributed by atoms with Crippen molar-refractivity contribution in [2.24, 2.45) is 0 Å². The zero-order valence-corrected chi connectivity index (χ0v) is 11.0. The van der Waals surface area contributed by atoms with Gasteiger partial charge in [-0.25, -0.2) is 0 Å². The van der Waals surface area contributed by atoms with Crippen LogP contribution in [-0.2, 0) is 0 Å². The number of benzene rings is 2. The molecule has 2 heteroatoms. The van der Waals surface area contributed by atoms with Crippen LogP contribution >= 0.6 is 23.2 Å². The fourth-order valence-electron chi connectivity index (χ4n) is 1.61. The third-order valence-electron chi connectivity index (χ3n) is 2.55. The standard InChI is InChI=1S/C15H12Cl2/c1-11(13-4-8-15(17)9-5-13)10-12-2-6-14(16)7-3-12/h2-10H,1H3. The molecule has 0 radical (unpaired) electrons. The molecule has 0 amide bonds. The molecule has 17 heavy (non-hydrogen) atoms. The minimum atomic E-state index is 0.756. The maximum atomic E-state index is 5.86. The van der Waals surface area contributed by atoms with Gasteiger partial charge in [-0.3, -0.25) is 0 Å². The van der Waals surface area contributed by atoms with Crippen molar-refractivity contribution in [3.8, 4) is 0 Å². The molecule has 0 fully saturated rings. The van der Waals surface area contributed by atoms with E-state index in [-0.39, 0.29) is 0 Å². The van der Waals surface area contributed by atoms with Gasteiger partial charge in [0, 0.05) is 10.0 Å². The Kier molecular flexibility index (Phi) is 3.88. The molecule has 2 aromatic rings. The number of halogens is 2. The summed E-state index contributed by atoms with van der Waals surface area (Å²) in [5.74, 6) is 0. The molecule has 0 aliphatic heterocycles. The van der Waals surface area contributed by atoms with Crippen LogP contribution in [0.2, 0.25) is 10.0 Å². The smallest absolute Gasteiger partial charge is 0.0406 e. The Hall–Kier alpha value is -1.24. The van der Waals surface area contributed by atoms with E-state index in [2.05, 4.69) is 13.0 Å². The molecule has 0 saturated carbocycles. The van der Waals surface area contributed by atoms with E-state index in [4.69, 9.17) is 23.2 Å². The maximum Gasteiger partial charge on any atom is 0.0406 e. The Morgan fingerprint density at radius 3 is 1.82 bits per heavy atom. The van der Waals surface area contributed by atoms with Crippen molar-refractivity contribution in [3.05, 3.63) is 69.7 Å². The Morgan fingerprint density at radius 2 is 1.29 bits per heavy atom. The molecular formula is C15H12Cl2. The summed E-state index contributed by atoms with van der Waals surface area (Å²) in [7, 11) is 0. The van der Waals surface area contributed by atoms with Crippen LogP contribution < -0.4 is 0 Å². The highest BCUT2D eigenvalue weighted by Crippen LogP contribution is 2.20. The van der Waals surface area contributed by atoms with Gasteiger partial charge >= 0.3 is 0 Å². The Bertz CT molecular complexity index is 522. The molecule has 0 bridgehead atoms. The third-order valence-corrected chi connectivity index (χ3v) is 3.06. The minimum absolute atomic E-state index is 0.756. The van der Waals surface area contributed by atoms with Gasteiger partial charge in [-0.2, -0.15) is 0 Å². The molecule has 0 aliphatic carbocycles. The van der Waals surface area contributed by atoms with Gasteiger partial charge in [-0.15, -0.1) is 0 Å². The molecule has 0 N–H and O–H groups in total. The maximum absolute atomic E-state index is 5.86. The zero-order chi connectivity index (χ0) is 12.3. The number of hydrogen-bond acceptors (Lipinski definition) is 0. The van der Waals surface area contributed by atoms with E-state index in [0.717, 1.165) is 15.6 Å². The van der Waals surface area contributed by atoms with E-state index in [1.54, 1.807) is 0 Å². The van der Waals surface area contributed by atoms with Crippen LogP contribution in [0.4, 0.5) is 0 Å². The highest BCUT2D eigenvalue weighted by molar-refractivity contribution is 6.30. The molecule has 0 spiro atoms. The highest BCUT2D eigenvalue weighted by Gasteiger charge is 1.96. The molecule has 2 aromatic carbocycles. The largest absolute Gasteiger partial charge is 0.0843 e. The van der Waals surface area contributed by atoms with Gasteiger partial charge in [0.05, 0.1) is 0 Å². The third kappa shape index (κ3) is 3.36. The first-order valence-electron chi connectivity index (χ1n) is 5.35. The van der Waals surface area contributed by atoms with Crippen LogP contribution in [0.1, 0.15) is 18.1 Å². The molecule has 0 atom stereocenters. The summed E-state index contributed by atoms with van der Waals surface area (Å²) in [6.45, 7) is 2.08. The lowest BCUT2D eigenvalue weighted by molar-refractivity contribution is 1.57. The van der Waals surface area contributed by atoms with Crippen molar-refractivity contribution in [2.45, 2.75) is 6.92 Å². The molecule has 0 heterocycles. The van der Waals surface area contributed by atoms with Gasteiger partial charge in [0.2, 0.25) is 0 Å². The average Bonchev–Trinajstić information content (AvgIpc) is 2.33. The average molecular weight is 263 g/mol. The number of hydrogen-bond donors (Lipinski definition) is 0. The van der Waals surface area contributed by atoms with Gasteiger partial charge < -0.3 is 0 Å². The Morgan fingerprint density at radius 1 is 0.824 bits per heavy atom. The summed E-state index contributed by atoms with van der Waals surface area (Å²) < 4.78 is 0. The first kappa shape index (κ1) is 12.2. The molecule has 0 aromatic heterocycles. The van der Waals surface area contributed by atoms with E-state index >= 15 is 0 Å². The lowest BCUT2D eigenvalue weighted by atomic mass is 10.0. The monoisotopic (exact) mass is 262 g/mol. The van der Waals surface area contributed by atoms with Crippen LogP contribution in [0.5, 0.6) is 0 Å². The van der Waals surface area contributed by atoms with E-state index in [0.29, 0.717) is 0 Å². The second-order valence-corrected chi connectivity index (χ2v) is 4.76. The lowest BCUT2D eigenvalue weighted by Gasteiger charge is -2.02. The fourth-order valence-corrected chi connectivity index (χ4v) is 1.86. The number of allylic oxidation sites excluding steroid dienone is 1. The predicted octanol–water partition coefficient (Wildman–Crippen LogP) is 5.55. The molecular weight excluding hydrogens is 251 g/mol. The second-order valence-electron chi connectivity index (χ2n) is 3.89. The van der Waals surface area contributed by atoms with Gasteiger partial charge in [0.25, 0.3) is 0 Å². The van der Waals surface area contributed by atoms with Gasteiger partial charge in [0.15, 0.2) is 0 Å². The molecule has 0 aliphatic rings. The van der Waals surface area contributed by atoms with Crippen LogP contribution in [0, 0.1) is 0 Å². The first-order valence-corrected chi connectivity index (χ1v) is 6.10. The quantitative estimate of drug-likeness (QED) is 0.623.